The van der Waals surface area contributed by atoms with E-state index in [4.69, 9.17) is 9.47 Å². The highest BCUT2D eigenvalue weighted by Gasteiger charge is 2.26. The molecular formula is C26H31N3O5S2. The van der Waals surface area contributed by atoms with Crippen molar-refractivity contribution in [2.24, 2.45) is 0 Å². The average Bonchev–Trinajstić information content (AvgIpc) is 3.38. The summed E-state index contributed by atoms with van der Waals surface area (Å²) in [5.74, 6) is 0.496. The highest BCUT2D eigenvalue weighted by Crippen LogP contribution is 2.27. The molecule has 1 aliphatic rings. The Morgan fingerprint density at radius 1 is 1.06 bits per heavy atom. The van der Waals surface area contributed by atoms with E-state index in [1.807, 2.05) is 5.38 Å². The van der Waals surface area contributed by atoms with Crippen LogP contribution in [-0.4, -0.2) is 56.5 Å². The van der Waals surface area contributed by atoms with E-state index >= 15 is 0 Å². The van der Waals surface area contributed by atoms with Crippen molar-refractivity contribution >= 4 is 32.4 Å². The fourth-order valence-corrected chi connectivity index (χ4v) is 5.91. The van der Waals surface area contributed by atoms with E-state index in [-0.39, 0.29) is 10.8 Å². The van der Waals surface area contributed by atoms with Crippen LogP contribution < -0.4 is 10.1 Å². The minimum absolute atomic E-state index is 0.241. The number of ether oxygens (including phenoxy) is 2. The molecule has 0 aliphatic carbocycles. The molecule has 1 aromatic heterocycles. The van der Waals surface area contributed by atoms with Crippen LogP contribution in [0.25, 0.3) is 11.3 Å². The van der Waals surface area contributed by atoms with Crippen LogP contribution in [0.3, 0.4) is 0 Å². The second kappa shape index (κ2) is 12.4. The first-order valence-electron chi connectivity index (χ1n) is 12.2. The fraction of sp³-hybridized carbons (Fsp3) is 0.385. The Labute approximate surface area is 216 Å². The molecule has 2 heterocycles. The molecule has 10 heteroatoms. The maximum absolute atomic E-state index is 12.8. The third kappa shape index (κ3) is 6.70. The smallest absolute Gasteiger partial charge is 0.257 e. The lowest BCUT2D eigenvalue weighted by Crippen LogP contribution is -2.40. The Balaban J connectivity index is 1.33. The molecule has 0 radical (unpaired) electrons. The van der Waals surface area contributed by atoms with Crippen LogP contribution in [0, 0.1) is 0 Å². The van der Waals surface area contributed by atoms with Crippen molar-refractivity contribution in [1.82, 2.24) is 9.29 Å². The van der Waals surface area contributed by atoms with E-state index < -0.39 is 10.0 Å². The van der Waals surface area contributed by atoms with Gasteiger partial charge in [0.05, 0.1) is 30.4 Å². The normalized spacial score (nSPS) is 14.5. The Morgan fingerprint density at radius 3 is 2.47 bits per heavy atom. The molecule has 4 rings (SSSR count). The molecule has 1 N–H and O–H groups in total. The number of carbonyl (C=O) groups is 1. The number of amides is 1. The molecule has 1 amide bonds. The summed E-state index contributed by atoms with van der Waals surface area (Å²) in [6, 6.07) is 13.7. The number of hydrogen-bond donors (Lipinski definition) is 1. The maximum Gasteiger partial charge on any atom is 0.257 e. The largest absolute Gasteiger partial charge is 0.494 e. The van der Waals surface area contributed by atoms with Gasteiger partial charge in [0, 0.05) is 29.6 Å². The monoisotopic (exact) mass is 529 g/mol. The molecule has 0 atom stereocenters. The van der Waals surface area contributed by atoms with Gasteiger partial charge in [-0.25, -0.2) is 13.4 Å². The molecule has 2 aromatic carbocycles. The van der Waals surface area contributed by atoms with Gasteiger partial charge in [0.2, 0.25) is 10.0 Å². The van der Waals surface area contributed by atoms with Gasteiger partial charge >= 0.3 is 0 Å². The summed E-state index contributed by atoms with van der Waals surface area (Å²) in [6.45, 7) is 4.37. The van der Waals surface area contributed by atoms with Crippen LogP contribution in [0.2, 0.25) is 0 Å². The van der Waals surface area contributed by atoms with Gasteiger partial charge in [-0.2, -0.15) is 4.31 Å². The first-order chi connectivity index (χ1) is 17.5. The van der Waals surface area contributed by atoms with Crippen molar-refractivity contribution < 1.29 is 22.7 Å². The van der Waals surface area contributed by atoms with Gasteiger partial charge in [-0.3, -0.25) is 10.1 Å². The van der Waals surface area contributed by atoms with E-state index in [1.54, 1.807) is 48.5 Å². The lowest BCUT2D eigenvalue weighted by molar-refractivity contribution is 0.0730. The zero-order valence-electron chi connectivity index (χ0n) is 20.3. The number of anilines is 1. The summed E-state index contributed by atoms with van der Waals surface area (Å²) in [6.07, 6.45) is 4.58. The lowest BCUT2D eigenvalue weighted by atomic mass is 10.2. The highest BCUT2D eigenvalue weighted by molar-refractivity contribution is 7.89. The maximum atomic E-state index is 12.8. The Hall–Kier alpha value is -2.79. The molecule has 1 aliphatic heterocycles. The van der Waals surface area contributed by atoms with Crippen molar-refractivity contribution in [3.05, 3.63) is 59.5 Å². The van der Waals surface area contributed by atoms with E-state index in [0.29, 0.717) is 49.3 Å². The number of aromatic nitrogens is 1. The summed E-state index contributed by atoms with van der Waals surface area (Å²) in [4.78, 5) is 17.4. The molecule has 0 unspecified atom stereocenters. The second-order valence-electron chi connectivity index (χ2n) is 8.47. The van der Waals surface area contributed by atoms with Crippen LogP contribution >= 0.6 is 11.3 Å². The van der Waals surface area contributed by atoms with E-state index in [9.17, 15) is 13.2 Å². The number of nitrogens with one attached hydrogen (secondary N) is 1. The molecule has 36 heavy (non-hydrogen) atoms. The minimum Gasteiger partial charge on any atom is -0.494 e. The molecule has 0 bridgehead atoms. The summed E-state index contributed by atoms with van der Waals surface area (Å²) >= 11 is 1.31. The number of hydrogen-bond acceptors (Lipinski definition) is 7. The highest BCUT2D eigenvalue weighted by atomic mass is 32.2. The SMILES string of the molecule is CCCCCCOc1ccc(C(=O)Nc2nc(-c3ccc(S(=O)(=O)N4CCOCC4)cc3)cs2)cc1. The van der Waals surface area contributed by atoms with E-state index in [1.165, 1.54) is 28.5 Å². The van der Waals surface area contributed by atoms with Gasteiger partial charge in [0.15, 0.2) is 5.13 Å². The summed E-state index contributed by atoms with van der Waals surface area (Å²) in [7, 11) is -3.55. The Morgan fingerprint density at radius 2 is 1.78 bits per heavy atom. The molecule has 0 saturated carbocycles. The van der Waals surface area contributed by atoms with Gasteiger partial charge in [0.1, 0.15) is 5.75 Å². The quantitative estimate of drug-likeness (QED) is 0.350. The Kier molecular flexibility index (Phi) is 9.08. The molecule has 192 valence electrons. The topological polar surface area (TPSA) is 97.8 Å². The number of carbonyl (C=O) groups excluding carboxylic acids is 1. The first kappa shape index (κ1) is 26.3. The van der Waals surface area contributed by atoms with Crippen molar-refractivity contribution in [3.63, 3.8) is 0 Å². The van der Waals surface area contributed by atoms with Gasteiger partial charge in [-0.1, -0.05) is 38.3 Å². The van der Waals surface area contributed by atoms with E-state index in [0.717, 1.165) is 24.2 Å². The summed E-state index contributed by atoms with van der Waals surface area (Å²) < 4.78 is 38.0. The summed E-state index contributed by atoms with van der Waals surface area (Å²) in [5, 5.41) is 5.12. The number of unbranched alkanes of at least 4 members (excludes halogenated alkanes) is 3. The van der Waals surface area contributed by atoms with Crippen molar-refractivity contribution in [2.75, 3.05) is 38.2 Å². The molecular weight excluding hydrogens is 498 g/mol. The number of nitrogens with zero attached hydrogens (tertiary/aromatic N) is 2. The number of benzene rings is 2. The van der Waals surface area contributed by atoms with Crippen LogP contribution in [0.1, 0.15) is 43.0 Å². The summed E-state index contributed by atoms with van der Waals surface area (Å²) in [5.41, 5.74) is 1.95. The number of morpholine rings is 1. The molecule has 3 aromatic rings. The Bertz CT molecular complexity index is 1240. The molecule has 8 nitrogen and oxygen atoms in total. The number of thiazole rings is 1. The van der Waals surface area contributed by atoms with E-state index in [2.05, 4.69) is 17.2 Å². The van der Waals surface area contributed by atoms with Gasteiger partial charge in [-0.05, 0) is 42.8 Å². The minimum atomic E-state index is -3.55. The molecule has 1 saturated heterocycles. The standard InChI is InChI=1S/C26H31N3O5S2/c1-2-3-4-5-16-34-22-10-6-21(7-11-22)25(30)28-26-27-24(19-35-26)20-8-12-23(13-9-20)36(31,32)29-14-17-33-18-15-29/h6-13,19H,2-5,14-18H2,1H3,(H,27,28,30). The third-order valence-electron chi connectivity index (χ3n) is 5.87. The zero-order valence-corrected chi connectivity index (χ0v) is 21.9. The van der Waals surface area contributed by atoms with Crippen LogP contribution in [0.5, 0.6) is 5.75 Å². The van der Waals surface area contributed by atoms with Gasteiger partial charge in [0.25, 0.3) is 5.91 Å². The lowest BCUT2D eigenvalue weighted by Gasteiger charge is -2.26. The van der Waals surface area contributed by atoms with Crippen LogP contribution in [-0.2, 0) is 14.8 Å². The predicted molar refractivity (Wildman–Crippen MR) is 141 cm³/mol. The fourth-order valence-electron chi connectivity index (χ4n) is 3.79. The van der Waals surface area contributed by atoms with Crippen molar-refractivity contribution in [1.29, 1.82) is 0 Å². The van der Waals surface area contributed by atoms with Crippen molar-refractivity contribution in [2.45, 2.75) is 37.5 Å². The van der Waals surface area contributed by atoms with Gasteiger partial charge < -0.3 is 9.47 Å². The average molecular weight is 530 g/mol. The van der Waals surface area contributed by atoms with Crippen LogP contribution in [0.15, 0.2) is 58.8 Å². The predicted octanol–water partition coefficient (Wildman–Crippen LogP) is 5.04. The van der Waals surface area contributed by atoms with Crippen LogP contribution in [0.4, 0.5) is 5.13 Å². The van der Waals surface area contributed by atoms with Crippen molar-refractivity contribution in [3.8, 4) is 17.0 Å². The third-order valence-corrected chi connectivity index (χ3v) is 8.54. The first-order valence-corrected chi connectivity index (χ1v) is 14.5. The molecule has 1 fully saturated rings. The number of rotatable bonds is 11. The second-order valence-corrected chi connectivity index (χ2v) is 11.3. The van der Waals surface area contributed by atoms with Gasteiger partial charge in [-0.15, -0.1) is 11.3 Å². The number of sulfonamides is 1. The molecule has 0 spiro atoms. The zero-order chi connectivity index (χ0) is 25.4.